The van der Waals surface area contributed by atoms with Gasteiger partial charge in [0.25, 0.3) is 0 Å². The average Bonchev–Trinajstić information content (AvgIpc) is 2.55. The van der Waals surface area contributed by atoms with E-state index in [1.807, 2.05) is 54.6 Å². The third-order valence-electron chi connectivity index (χ3n) is 3.25. The summed E-state index contributed by atoms with van der Waals surface area (Å²) in [4.78, 5) is 8.53. The van der Waals surface area contributed by atoms with Crippen molar-refractivity contribution in [3.05, 3.63) is 60.8 Å². The maximum Gasteiger partial charge on any atom is 0.220 e. The number of para-hydroxylation sites is 1. The number of ether oxygens (including phenoxy) is 1. The van der Waals surface area contributed by atoms with Gasteiger partial charge in [0.1, 0.15) is 5.75 Å². The van der Waals surface area contributed by atoms with E-state index in [0.717, 1.165) is 28.1 Å². The zero-order chi connectivity index (χ0) is 14.7. The molecule has 0 fully saturated rings. The van der Waals surface area contributed by atoms with Gasteiger partial charge < -0.3 is 10.5 Å². The molecule has 0 aliphatic rings. The molecule has 3 aromatic rings. The van der Waals surface area contributed by atoms with Gasteiger partial charge in [-0.05, 0) is 6.07 Å². The molecule has 0 spiro atoms. The molecule has 2 aromatic carbocycles. The highest BCUT2D eigenvalue weighted by Crippen LogP contribution is 2.35. The smallest absolute Gasteiger partial charge is 0.220 e. The highest BCUT2D eigenvalue weighted by atomic mass is 16.5. The van der Waals surface area contributed by atoms with Crippen molar-refractivity contribution in [2.45, 2.75) is 0 Å². The van der Waals surface area contributed by atoms with Crippen LogP contribution in [0.2, 0.25) is 0 Å². The zero-order valence-corrected chi connectivity index (χ0v) is 11.7. The van der Waals surface area contributed by atoms with Gasteiger partial charge in [-0.3, -0.25) is 0 Å². The number of methoxy groups -OCH3 is 1. The highest BCUT2D eigenvalue weighted by molar-refractivity contribution is 5.83. The molecule has 0 aliphatic carbocycles. The van der Waals surface area contributed by atoms with Crippen molar-refractivity contribution in [3.63, 3.8) is 0 Å². The number of nitrogen functional groups attached to an aromatic ring is 1. The average molecular weight is 277 g/mol. The summed E-state index contributed by atoms with van der Waals surface area (Å²) in [6, 6.07) is 17.7. The van der Waals surface area contributed by atoms with Crippen molar-refractivity contribution in [1.29, 1.82) is 0 Å². The molecular formula is C17H15N3O. The highest BCUT2D eigenvalue weighted by Gasteiger charge is 2.13. The predicted molar refractivity (Wildman–Crippen MR) is 83.9 cm³/mol. The van der Waals surface area contributed by atoms with E-state index in [9.17, 15) is 0 Å². The molecule has 0 bridgehead atoms. The minimum absolute atomic E-state index is 0.257. The molecule has 21 heavy (non-hydrogen) atoms. The molecule has 104 valence electrons. The molecule has 0 aliphatic heterocycles. The molecule has 3 rings (SSSR count). The summed E-state index contributed by atoms with van der Waals surface area (Å²) < 4.78 is 5.43. The van der Waals surface area contributed by atoms with Crippen LogP contribution in [0.5, 0.6) is 5.75 Å². The van der Waals surface area contributed by atoms with Gasteiger partial charge in [0.15, 0.2) is 0 Å². The summed E-state index contributed by atoms with van der Waals surface area (Å²) in [7, 11) is 1.65. The minimum Gasteiger partial charge on any atom is -0.496 e. The number of hydrogen-bond donors (Lipinski definition) is 1. The van der Waals surface area contributed by atoms with Crippen LogP contribution < -0.4 is 10.5 Å². The lowest BCUT2D eigenvalue weighted by Gasteiger charge is -2.12. The SMILES string of the molecule is COc1ccccc1-c1cnc(N)nc1-c1ccccc1. The minimum atomic E-state index is 0.257. The van der Waals surface area contributed by atoms with E-state index in [0.29, 0.717) is 0 Å². The van der Waals surface area contributed by atoms with E-state index in [-0.39, 0.29) is 5.95 Å². The molecule has 1 aromatic heterocycles. The summed E-state index contributed by atoms with van der Waals surface area (Å²) in [6.07, 6.45) is 1.74. The topological polar surface area (TPSA) is 61.0 Å². The summed E-state index contributed by atoms with van der Waals surface area (Å²) in [5, 5.41) is 0. The third-order valence-corrected chi connectivity index (χ3v) is 3.25. The largest absolute Gasteiger partial charge is 0.496 e. The lowest BCUT2D eigenvalue weighted by Crippen LogP contribution is -1.99. The van der Waals surface area contributed by atoms with E-state index < -0.39 is 0 Å². The van der Waals surface area contributed by atoms with Gasteiger partial charge in [0, 0.05) is 22.9 Å². The van der Waals surface area contributed by atoms with Crippen molar-refractivity contribution in [2.75, 3.05) is 12.8 Å². The Morgan fingerprint density at radius 3 is 2.38 bits per heavy atom. The second-order valence-corrected chi connectivity index (χ2v) is 4.56. The van der Waals surface area contributed by atoms with Crippen LogP contribution in [-0.2, 0) is 0 Å². The van der Waals surface area contributed by atoms with Crippen LogP contribution in [0.1, 0.15) is 0 Å². The van der Waals surface area contributed by atoms with Gasteiger partial charge in [-0.1, -0.05) is 48.5 Å². The first-order valence-electron chi connectivity index (χ1n) is 6.61. The standard InChI is InChI=1S/C17H15N3O/c1-21-15-10-6-5-9-13(15)14-11-19-17(18)20-16(14)12-7-3-2-4-8-12/h2-11H,1H3,(H2,18,19,20). The number of hydrogen-bond acceptors (Lipinski definition) is 4. The van der Waals surface area contributed by atoms with Crippen LogP contribution in [-0.4, -0.2) is 17.1 Å². The van der Waals surface area contributed by atoms with E-state index in [1.165, 1.54) is 0 Å². The summed E-state index contributed by atoms with van der Waals surface area (Å²) in [6.45, 7) is 0. The monoisotopic (exact) mass is 277 g/mol. The van der Waals surface area contributed by atoms with Crippen LogP contribution in [0.25, 0.3) is 22.4 Å². The maximum absolute atomic E-state index is 5.76. The molecule has 0 saturated carbocycles. The fourth-order valence-electron chi connectivity index (χ4n) is 2.28. The first kappa shape index (κ1) is 13.1. The number of aromatic nitrogens is 2. The molecule has 0 saturated heterocycles. The molecule has 0 unspecified atom stereocenters. The molecule has 0 amide bonds. The van der Waals surface area contributed by atoms with Crippen LogP contribution >= 0.6 is 0 Å². The summed E-state index contributed by atoms with van der Waals surface area (Å²) in [5.74, 6) is 1.04. The lowest BCUT2D eigenvalue weighted by molar-refractivity contribution is 0.416. The van der Waals surface area contributed by atoms with Gasteiger partial charge >= 0.3 is 0 Å². The van der Waals surface area contributed by atoms with Crippen molar-refractivity contribution < 1.29 is 4.74 Å². The van der Waals surface area contributed by atoms with Crippen molar-refractivity contribution in [2.24, 2.45) is 0 Å². The Morgan fingerprint density at radius 2 is 1.62 bits per heavy atom. The number of nitrogens with two attached hydrogens (primary N) is 1. The predicted octanol–water partition coefficient (Wildman–Crippen LogP) is 3.40. The molecule has 4 heteroatoms. The fraction of sp³-hybridized carbons (Fsp3) is 0.0588. The maximum atomic E-state index is 5.76. The van der Waals surface area contributed by atoms with Gasteiger partial charge in [-0.2, -0.15) is 0 Å². The van der Waals surface area contributed by atoms with Gasteiger partial charge in [0.2, 0.25) is 5.95 Å². The van der Waals surface area contributed by atoms with Crippen LogP contribution in [0.15, 0.2) is 60.8 Å². The normalized spacial score (nSPS) is 10.3. The number of benzene rings is 2. The van der Waals surface area contributed by atoms with E-state index in [4.69, 9.17) is 10.5 Å². The molecule has 2 N–H and O–H groups in total. The first-order chi connectivity index (χ1) is 10.3. The Kier molecular flexibility index (Phi) is 3.51. The third kappa shape index (κ3) is 2.56. The van der Waals surface area contributed by atoms with E-state index in [1.54, 1.807) is 13.3 Å². The van der Waals surface area contributed by atoms with E-state index >= 15 is 0 Å². The number of nitrogens with zero attached hydrogens (tertiary/aromatic N) is 2. The van der Waals surface area contributed by atoms with Gasteiger partial charge in [-0.15, -0.1) is 0 Å². The molecule has 4 nitrogen and oxygen atoms in total. The zero-order valence-electron chi connectivity index (χ0n) is 11.7. The molecule has 0 radical (unpaired) electrons. The van der Waals surface area contributed by atoms with Gasteiger partial charge in [0.05, 0.1) is 12.8 Å². The molecular weight excluding hydrogens is 262 g/mol. The number of anilines is 1. The summed E-state index contributed by atoms with van der Waals surface area (Å²) >= 11 is 0. The second-order valence-electron chi connectivity index (χ2n) is 4.56. The quantitative estimate of drug-likeness (QED) is 0.797. The Labute approximate surface area is 123 Å². The fourth-order valence-corrected chi connectivity index (χ4v) is 2.28. The lowest BCUT2D eigenvalue weighted by atomic mass is 10.00. The van der Waals surface area contributed by atoms with Crippen LogP contribution in [0, 0.1) is 0 Å². The Hall–Kier alpha value is -2.88. The van der Waals surface area contributed by atoms with Crippen molar-refractivity contribution in [3.8, 4) is 28.1 Å². The second kappa shape index (κ2) is 5.63. The van der Waals surface area contributed by atoms with Crippen LogP contribution in [0.3, 0.4) is 0 Å². The van der Waals surface area contributed by atoms with Gasteiger partial charge in [-0.25, -0.2) is 9.97 Å². The van der Waals surface area contributed by atoms with Crippen molar-refractivity contribution in [1.82, 2.24) is 9.97 Å². The Bertz CT molecular complexity index is 757. The summed E-state index contributed by atoms with van der Waals surface area (Å²) in [5.41, 5.74) is 9.39. The first-order valence-corrected chi connectivity index (χ1v) is 6.61. The van der Waals surface area contributed by atoms with E-state index in [2.05, 4.69) is 9.97 Å². The Morgan fingerprint density at radius 1 is 0.905 bits per heavy atom. The Balaban J connectivity index is 2.24. The van der Waals surface area contributed by atoms with Crippen LogP contribution in [0.4, 0.5) is 5.95 Å². The molecule has 0 atom stereocenters. The molecule has 1 heterocycles. The van der Waals surface area contributed by atoms with Crippen molar-refractivity contribution >= 4 is 5.95 Å². The number of rotatable bonds is 3.